The molecule has 154 valence electrons. The van der Waals surface area contributed by atoms with Gasteiger partial charge in [-0.05, 0) is 34.7 Å². The Hall–Kier alpha value is -2.81. The summed E-state index contributed by atoms with van der Waals surface area (Å²) in [4.78, 5) is -0.276. The zero-order valence-corrected chi connectivity index (χ0v) is 20.1. The molecule has 32 heavy (non-hydrogen) atoms. The third-order valence-electron chi connectivity index (χ3n) is 5.16. The van der Waals surface area contributed by atoms with Gasteiger partial charge < -0.3 is 4.55 Å². The number of benzene rings is 4. The molecule has 0 unspecified atom stereocenters. The van der Waals surface area contributed by atoms with Crippen molar-refractivity contribution in [2.45, 2.75) is 4.90 Å². The summed E-state index contributed by atoms with van der Waals surface area (Å²) in [6.45, 7) is 0. The minimum atomic E-state index is -4.68. The molecule has 0 fully saturated rings. The van der Waals surface area contributed by atoms with Crippen LogP contribution < -0.4 is 45.5 Å². The second-order valence-electron chi connectivity index (χ2n) is 7.19. The van der Waals surface area contributed by atoms with Gasteiger partial charge in [-0.25, -0.2) is 8.42 Å². The summed E-state index contributed by atoms with van der Waals surface area (Å²) < 4.78 is 35.9. The van der Waals surface area contributed by atoms with Gasteiger partial charge in [0.25, 0.3) is 0 Å². The minimum Gasteiger partial charge on any atom is -0.744 e. The first-order valence-corrected chi connectivity index (χ1v) is 11.1. The van der Waals surface area contributed by atoms with Crippen molar-refractivity contribution in [2.75, 3.05) is 16.0 Å². The normalized spacial score (nSPS) is 12.8. The molecule has 0 aliphatic carbocycles. The van der Waals surface area contributed by atoms with E-state index in [1.165, 1.54) is 6.07 Å². The molecule has 0 saturated carbocycles. The summed E-state index contributed by atoms with van der Waals surface area (Å²) >= 11 is 0. The Morgan fingerprint density at radius 3 is 2.34 bits per heavy atom. The van der Waals surface area contributed by atoms with E-state index in [4.69, 9.17) is 0 Å². The molecule has 4 aromatic rings. The molecule has 6 nitrogen and oxygen atoms in total. The molecular weight excluding hydrogens is 433 g/mol. The van der Waals surface area contributed by atoms with Crippen molar-refractivity contribution in [2.24, 2.45) is 0 Å². The number of nitrogens with zero attached hydrogens (tertiary/aromatic N) is 1. The molecule has 1 aliphatic heterocycles. The summed E-state index contributed by atoms with van der Waals surface area (Å²) in [7, 11) is -4.68. The number of hydrogen-bond donors (Lipinski definition) is 2. The van der Waals surface area contributed by atoms with Gasteiger partial charge in [0.05, 0.1) is 22.0 Å². The van der Waals surface area contributed by atoms with Crippen molar-refractivity contribution in [3.63, 3.8) is 0 Å². The van der Waals surface area contributed by atoms with Crippen molar-refractivity contribution in [1.82, 2.24) is 0 Å². The smallest absolute Gasteiger partial charge is 0.744 e. The Bertz CT molecular complexity index is 1420. The Balaban J connectivity index is 0.00000245. The van der Waals surface area contributed by atoms with Crippen LogP contribution in [0.15, 0.2) is 89.8 Å². The first kappa shape index (κ1) is 22.4. The van der Waals surface area contributed by atoms with Gasteiger partial charge in [-0.3, -0.25) is 10.9 Å². The van der Waals surface area contributed by atoms with Gasteiger partial charge in [0.1, 0.15) is 10.1 Å². The number of anilines is 3. The van der Waals surface area contributed by atoms with Crippen LogP contribution in [-0.4, -0.2) is 13.0 Å². The fourth-order valence-corrected chi connectivity index (χ4v) is 4.33. The molecule has 1 aliphatic rings. The average molecular weight is 451 g/mol. The summed E-state index contributed by atoms with van der Waals surface area (Å²) in [5.41, 5.74) is 9.96. The minimum absolute atomic E-state index is 0. The van der Waals surface area contributed by atoms with Crippen LogP contribution in [0.3, 0.4) is 0 Å². The van der Waals surface area contributed by atoms with Gasteiger partial charge in [0.15, 0.2) is 0 Å². The molecule has 0 spiro atoms. The van der Waals surface area contributed by atoms with Crippen LogP contribution in [0.5, 0.6) is 0 Å². The summed E-state index contributed by atoms with van der Waals surface area (Å²) in [5.74, 6) is 0. The SMILES string of the molecule is O=S(=O)([O-])c1cc(N2Nc3ccc4ccccc4c3N2)ccc1C=Cc1ccccc1.[Na+]. The maximum atomic E-state index is 12.0. The Morgan fingerprint density at radius 2 is 1.56 bits per heavy atom. The first-order chi connectivity index (χ1) is 15.0. The molecule has 0 aromatic heterocycles. The second-order valence-corrected chi connectivity index (χ2v) is 8.54. The molecule has 0 amide bonds. The van der Waals surface area contributed by atoms with Crippen LogP contribution in [-0.2, 0) is 10.1 Å². The molecule has 0 saturated heterocycles. The van der Waals surface area contributed by atoms with Gasteiger partial charge in [0, 0.05) is 5.39 Å². The number of rotatable bonds is 4. The topological polar surface area (TPSA) is 84.5 Å². The maximum Gasteiger partial charge on any atom is 1.00 e. The zero-order chi connectivity index (χ0) is 21.4. The van der Waals surface area contributed by atoms with Gasteiger partial charge in [-0.1, -0.05) is 78.9 Å². The van der Waals surface area contributed by atoms with E-state index in [2.05, 4.69) is 10.9 Å². The van der Waals surface area contributed by atoms with E-state index in [0.29, 0.717) is 11.3 Å². The quantitative estimate of drug-likeness (QED) is 0.281. The van der Waals surface area contributed by atoms with Gasteiger partial charge >= 0.3 is 29.6 Å². The summed E-state index contributed by atoms with van der Waals surface area (Å²) in [6, 6.07) is 26.2. The fraction of sp³-hybridized carbons (Fsp3) is 0. The fourth-order valence-electron chi connectivity index (χ4n) is 3.64. The van der Waals surface area contributed by atoms with Crippen LogP contribution in [0.1, 0.15) is 11.1 Å². The number of nitrogens with one attached hydrogen (secondary N) is 2. The van der Waals surface area contributed by atoms with Gasteiger partial charge in [0.2, 0.25) is 0 Å². The Kier molecular flexibility index (Phi) is 6.28. The largest absolute Gasteiger partial charge is 1.00 e. The molecule has 5 rings (SSSR count). The molecule has 1 heterocycles. The van der Waals surface area contributed by atoms with E-state index in [1.807, 2.05) is 66.7 Å². The van der Waals surface area contributed by atoms with Crippen molar-refractivity contribution in [1.29, 1.82) is 0 Å². The molecule has 0 bridgehead atoms. The van der Waals surface area contributed by atoms with Crippen molar-refractivity contribution < 1.29 is 42.5 Å². The molecular formula is C24H18N3NaO3S. The van der Waals surface area contributed by atoms with Crippen LogP contribution in [0.25, 0.3) is 22.9 Å². The molecule has 0 atom stereocenters. The number of hydrazine groups is 2. The maximum absolute atomic E-state index is 12.0. The predicted octanol–water partition coefficient (Wildman–Crippen LogP) is 2.09. The van der Waals surface area contributed by atoms with Crippen molar-refractivity contribution >= 4 is 50.1 Å². The van der Waals surface area contributed by atoms with Gasteiger partial charge in [-0.15, -0.1) is 0 Å². The first-order valence-electron chi connectivity index (χ1n) is 9.67. The monoisotopic (exact) mass is 451 g/mol. The van der Waals surface area contributed by atoms with E-state index in [0.717, 1.165) is 27.7 Å². The third kappa shape index (κ3) is 4.39. The predicted molar refractivity (Wildman–Crippen MR) is 123 cm³/mol. The molecule has 4 aromatic carbocycles. The van der Waals surface area contributed by atoms with Crippen molar-refractivity contribution in [3.8, 4) is 0 Å². The van der Waals surface area contributed by atoms with Crippen molar-refractivity contribution in [3.05, 3.63) is 96.1 Å². The number of hydrogen-bond acceptors (Lipinski definition) is 6. The molecule has 8 heteroatoms. The van der Waals surface area contributed by atoms with Crippen LogP contribution >= 0.6 is 0 Å². The number of fused-ring (bicyclic) bond motifs is 3. The molecule has 2 N–H and O–H groups in total. The van der Waals surface area contributed by atoms with Crippen LogP contribution in [0, 0.1) is 0 Å². The molecule has 0 radical (unpaired) electrons. The summed E-state index contributed by atoms with van der Waals surface area (Å²) in [6.07, 6.45) is 3.41. The third-order valence-corrected chi connectivity index (χ3v) is 6.06. The van der Waals surface area contributed by atoms with Gasteiger partial charge in [-0.2, -0.15) is 5.12 Å². The average Bonchev–Trinajstić information content (AvgIpc) is 3.23. The van der Waals surface area contributed by atoms with E-state index in [-0.39, 0.29) is 34.5 Å². The van der Waals surface area contributed by atoms with E-state index < -0.39 is 10.1 Å². The van der Waals surface area contributed by atoms with E-state index in [1.54, 1.807) is 29.4 Å². The van der Waals surface area contributed by atoms with Crippen LogP contribution in [0.4, 0.5) is 17.1 Å². The van der Waals surface area contributed by atoms with E-state index in [9.17, 15) is 13.0 Å². The van der Waals surface area contributed by atoms with E-state index >= 15 is 0 Å². The second kappa shape index (κ2) is 8.97. The summed E-state index contributed by atoms with van der Waals surface area (Å²) in [5, 5.41) is 3.73. The Morgan fingerprint density at radius 1 is 0.812 bits per heavy atom. The van der Waals surface area contributed by atoms with Crippen LogP contribution in [0.2, 0.25) is 0 Å². The zero-order valence-electron chi connectivity index (χ0n) is 17.3. The Labute approximate surface area is 208 Å². The standard InChI is InChI=1S/C24H19N3O3S.Na/c28-31(29,30)23-16-20(14-12-19(23)11-10-17-6-2-1-3-7-17)27-25-22-15-13-18-8-4-5-9-21(18)24(22)26-27;/h1-16,25-26H,(H,28,29,30);/q;+1/p-1.